The van der Waals surface area contributed by atoms with Crippen LogP contribution in [0.2, 0.25) is 0 Å². The number of aryl methyl sites for hydroxylation is 1. The van der Waals surface area contributed by atoms with Gasteiger partial charge in [-0.15, -0.1) is 11.3 Å². The Morgan fingerprint density at radius 3 is 2.43 bits per heavy atom. The first-order valence-electron chi connectivity index (χ1n) is 7.61. The van der Waals surface area contributed by atoms with E-state index in [0.717, 1.165) is 29.7 Å². The zero-order chi connectivity index (χ0) is 17.4. The number of carboxylic acid groups (broad SMARTS) is 1. The van der Waals surface area contributed by atoms with E-state index >= 15 is 0 Å². The average molecular weight is 338 g/mol. The fourth-order valence-electron chi connectivity index (χ4n) is 2.35. The Balaban J connectivity index is 2.32. The summed E-state index contributed by atoms with van der Waals surface area (Å²) in [6.45, 7) is 6.82. The number of aliphatic carboxylic acids is 1. The molecule has 0 saturated carbocycles. The zero-order valence-corrected chi connectivity index (χ0v) is 14.6. The first kappa shape index (κ1) is 17.5. The predicted octanol–water partition coefficient (Wildman–Crippen LogP) is 2.42. The molecular weight excluding hydrogens is 316 g/mol. The summed E-state index contributed by atoms with van der Waals surface area (Å²) in [6.07, 6.45) is 2.64. The molecule has 2 amide bonds. The van der Waals surface area contributed by atoms with E-state index in [4.69, 9.17) is 5.11 Å². The van der Waals surface area contributed by atoms with Gasteiger partial charge in [0.05, 0.1) is 5.56 Å². The van der Waals surface area contributed by atoms with Crippen molar-refractivity contribution in [2.24, 2.45) is 5.41 Å². The Morgan fingerprint density at radius 1 is 1.22 bits per heavy atom. The predicted molar refractivity (Wildman–Crippen MR) is 89.0 cm³/mol. The smallest absolute Gasteiger partial charge is 0.325 e. The highest BCUT2D eigenvalue weighted by atomic mass is 32.1. The number of anilines is 1. The van der Waals surface area contributed by atoms with Gasteiger partial charge in [-0.2, -0.15) is 0 Å². The van der Waals surface area contributed by atoms with Crippen molar-refractivity contribution in [3.8, 4) is 0 Å². The van der Waals surface area contributed by atoms with Gasteiger partial charge in [-0.25, -0.2) is 0 Å². The topological polar surface area (TPSA) is 95.5 Å². The molecule has 0 aliphatic heterocycles. The summed E-state index contributed by atoms with van der Waals surface area (Å²) in [5.41, 5.74) is 0.791. The SMILES string of the molecule is C[C@@H](NC(=O)c1c(NC(=O)C(C)(C)C)sc2c1CCC2)C(=O)O. The van der Waals surface area contributed by atoms with Crippen LogP contribution in [0.15, 0.2) is 0 Å². The molecule has 1 aliphatic rings. The van der Waals surface area contributed by atoms with E-state index in [1.54, 1.807) is 20.8 Å². The van der Waals surface area contributed by atoms with Crippen molar-refractivity contribution in [2.45, 2.75) is 53.0 Å². The molecule has 126 valence electrons. The largest absolute Gasteiger partial charge is 0.480 e. The molecule has 0 fully saturated rings. The quantitative estimate of drug-likeness (QED) is 0.785. The van der Waals surface area contributed by atoms with E-state index in [1.165, 1.54) is 18.3 Å². The molecule has 1 aromatic heterocycles. The number of carbonyl (C=O) groups excluding carboxylic acids is 2. The monoisotopic (exact) mass is 338 g/mol. The first-order chi connectivity index (χ1) is 10.6. The van der Waals surface area contributed by atoms with E-state index in [2.05, 4.69) is 10.6 Å². The second-order valence-corrected chi connectivity index (χ2v) is 7.90. The number of rotatable bonds is 4. The number of carboxylic acids is 1. The molecule has 0 bridgehead atoms. The lowest BCUT2D eigenvalue weighted by atomic mass is 9.95. The molecule has 0 unspecified atom stereocenters. The van der Waals surface area contributed by atoms with E-state index in [0.29, 0.717) is 10.6 Å². The van der Waals surface area contributed by atoms with Gasteiger partial charge >= 0.3 is 5.97 Å². The molecule has 0 aromatic carbocycles. The molecule has 1 heterocycles. The summed E-state index contributed by atoms with van der Waals surface area (Å²) in [6, 6.07) is -0.981. The third kappa shape index (κ3) is 3.72. The Morgan fingerprint density at radius 2 is 1.87 bits per heavy atom. The van der Waals surface area contributed by atoms with Gasteiger partial charge in [0.2, 0.25) is 5.91 Å². The molecule has 0 radical (unpaired) electrons. The van der Waals surface area contributed by atoms with E-state index in [9.17, 15) is 14.4 Å². The van der Waals surface area contributed by atoms with Gasteiger partial charge in [-0.05, 0) is 31.7 Å². The number of fused-ring (bicyclic) bond motifs is 1. The van der Waals surface area contributed by atoms with Crippen LogP contribution in [-0.4, -0.2) is 28.9 Å². The van der Waals surface area contributed by atoms with Gasteiger partial charge in [0.1, 0.15) is 11.0 Å². The lowest BCUT2D eigenvalue weighted by Crippen LogP contribution is -2.39. The maximum Gasteiger partial charge on any atom is 0.325 e. The van der Waals surface area contributed by atoms with Crippen molar-refractivity contribution in [1.29, 1.82) is 0 Å². The average Bonchev–Trinajstić information content (AvgIpc) is 2.96. The number of hydrogen-bond acceptors (Lipinski definition) is 4. The number of carbonyl (C=O) groups is 3. The Hall–Kier alpha value is -1.89. The zero-order valence-electron chi connectivity index (χ0n) is 13.8. The van der Waals surface area contributed by atoms with Crippen LogP contribution in [0, 0.1) is 5.41 Å². The second-order valence-electron chi connectivity index (χ2n) is 6.80. The summed E-state index contributed by atoms with van der Waals surface area (Å²) >= 11 is 1.42. The maximum atomic E-state index is 12.5. The normalized spacial score (nSPS) is 15.0. The van der Waals surface area contributed by atoms with Crippen LogP contribution in [-0.2, 0) is 22.4 Å². The number of amides is 2. The summed E-state index contributed by atoms with van der Waals surface area (Å²) in [7, 11) is 0. The number of thiophene rings is 1. The molecule has 1 atom stereocenters. The Kier molecular flexibility index (Phi) is 4.79. The number of hydrogen-bond donors (Lipinski definition) is 3. The van der Waals surface area contributed by atoms with Gasteiger partial charge in [-0.3, -0.25) is 14.4 Å². The van der Waals surface area contributed by atoms with E-state index in [-0.39, 0.29) is 5.91 Å². The molecule has 0 saturated heterocycles. The Bertz CT molecular complexity index is 658. The molecule has 1 aromatic rings. The van der Waals surface area contributed by atoms with Crippen LogP contribution in [0.3, 0.4) is 0 Å². The summed E-state index contributed by atoms with van der Waals surface area (Å²) in [5.74, 6) is -1.70. The molecule has 1 aliphatic carbocycles. The minimum Gasteiger partial charge on any atom is -0.480 e. The van der Waals surface area contributed by atoms with Gasteiger partial charge in [0.25, 0.3) is 5.91 Å². The fraction of sp³-hybridized carbons (Fsp3) is 0.562. The minimum absolute atomic E-state index is 0.169. The molecule has 7 heteroatoms. The summed E-state index contributed by atoms with van der Waals surface area (Å²) in [5, 5.41) is 14.8. The van der Waals surface area contributed by atoms with E-state index < -0.39 is 23.3 Å². The molecule has 0 spiro atoms. The standard InChI is InChI=1S/C16H22N2O4S/c1-8(14(20)21)17-12(19)11-9-6-5-7-10(9)23-13(11)18-15(22)16(2,3)4/h8H,5-7H2,1-4H3,(H,17,19)(H,18,22)(H,20,21)/t8-/m1/s1. The summed E-state index contributed by atoms with van der Waals surface area (Å²) in [4.78, 5) is 36.8. The highest BCUT2D eigenvalue weighted by Gasteiger charge is 2.30. The second kappa shape index (κ2) is 6.31. The van der Waals surface area contributed by atoms with Gasteiger partial charge in [0.15, 0.2) is 0 Å². The van der Waals surface area contributed by atoms with Crippen molar-refractivity contribution in [3.05, 3.63) is 16.0 Å². The maximum absolute atomic E-state index is 12.5. The molecule has 3 N–H and O–H groups in total. The fourth-order valence-corrected chi connectivity index (χ4v) is 3.64. The van der Waals surface area contributed by atoms with E-state index in [1.807, 2.05) is 0 Å². The molecule has 23 heavy (non-hydrogen) atoms. The van der Waals surface area contributed by atoms with Crippen LogP contribution in [0.1, 0.15) is 54.9 Å². The highest BCUT2D eigenvalue weighted by Crippen LogP contribution is 2.39. The highest BCUT2D eigenvalue weighted by molar-refractivity contribution is 7.17. The molecule has 2 rings (SSSR count). The lowest BCUT2D eigenvalue weighted by Gasteiger charge is -2.18. The van der Waals surface area contributed by atoms with Crippen LogP contribution < -0.4 is 10.6 Å². The van der Waals surface area contributed by atoms with Crippen LogP contribution in [0.4, 0.5) is 5.00 Å². The molecule has 6 nitrogen and oxygen atoms in total. The van der Waals surface area contributed by atoms with Crippen molar-refractivity contribution >= 4 is 34.1 Å². The van der Waals surface area contributed by atoms with Crippen molar-refractivity contribution in [2.75, 3.05) is 5.32 Å². The van der Waals surface area contributed by atoms with Crippen molar-refractivity contribution < 1.29 is 19.5 Å². The van der Waals surface area contributed by atoms with Gasteiger partial charge in [-0.1, -0.05) is 20.8 Å². The third-order valence-electron chi connectivity index (χ3n) is 3.77. The van der Waals surface area contributed by atoms with Gasteiger partial charge < -0.3 is 15.7 Å². The Labute approximate surface area is 139 Å². The van der Waals surface area contributed by atoms with Crippen LogP contribution in [0.5, 0.6) is 0 Å². The van der Waals surface area contributed by atoms with Crippen LogP contribution in [0.25, 0.3) is 0 Å². The van der Waals surface area contributed by atoms with Gasteiger partial charge in [0, 0.05) is 10.3 Å². The minimum atomic E-state index is -1.09. The number of nitrogens with one attached hydrogen (secondary N) is 2. The first-order valence-corrected chi connectivity index (χ1v) is 8.42. The lowest BCUT2D eigenvalue weighted by molar-refractivity contribution is -0.138. The van der Waals surface area contributed by atoms with Crippen LogP contribution >= 0.6 is 11.3 Å². The third-order valence-corrected chi connectivity index (χ3v) is 4.98. The van der Waals surface area contributed by atoms with Crippen molar-refractivity contribution in [1.82, 2.24) is 5.32 Å². The molecular formula is C16H22N2O4S. The summed E-state index contributed by atoms with van der Waals surface area (Å²) < 4.78 is 0. The van der Waals surface area contributed by atoms with Crippen molar-refractivity contribution in [3.63, 3.8) is 0 Å².